The first-order valence-corrected chi connectivity index (χ1v) is 10.7. The lowest BCUT2D eigenvalue weighted by atomic mass is 10.00. The number of para-hydroxylation sites is 1. The third-order valence-electron chi connectivity index (χ3n) is 5.19. The molecule has 4 rings (SSSR count). The highest BCUT2D eigenvalue weighted by atomic mass is 35.5. The Morgan fingerprint density at radius 1 is 0.969 bits per heavy atom. The molecule has 1 atom stereocenters. The Morgan fingerprint density at radius 3 is 2.28 bits per heavy atom. The normalized spacial score (nSPS) is 17.9. The SMILES string of the molecule is NC1(C(=O)OCc2ccccc2)N=C(c2ccccc2)c2ccccc2N(CCCl)C1=O. The monoisotopic (exact) mass is 447 g/mol. The number of ether oxygens (including phenoxy) is 1. The van der Waals surface area contributed by atoms with Crippen LogP contribution in [0.25, 0.3) is 0 Å². The highest BCUT2D eigenvalue weighted by Gasteiger charge is 2.49. The van der Waals surface area contributed by atoms with E-state index in [9.17, 15) is 9.59 Å². The number of benzodiazepines with no additional fused rings is 1. The average Bonchev–Trinajstić information content (AvgIpc) is 2.93. The summed E-state index contributed by atoms with van der Waals surface area (Å²) in [4.78, 5) is 32.7. The molecule has 162 valence electrons. The van der Waals surface area contributed by atoms with Crippen molar-refractivity contribution in [2.45, 2.75) is 12.3 Å². The number of anilines is 1. The summed E-state index contributed by atoms with van der Waals surface area (Å²) in [6.45, 7) is 0.143. The lowest BCUT2D eigenvalue weighted by Crippen LogP contribution is -2.60. The van der Waals surface area contributed by atoms with Crippen molar-refractivity contribution < 1.29 is 14.3 Å². The fourth-order valence-corrected chi connectivity index (χ4v) is 3.77. The third kappa shape index (κ3) is 4.15. The van der Waals surface area contributed by atoms with Crippen LogP contribution in [0.3, 0.4) is 0 Å². The molecule has 7 heteroatoms. The number of carbonyl (C=O) groups is 2. The number of alkyl halides is 1. The van der Waals surface area contributed by atoms with Crippen molar-refractivity contribution in [1.29, 1.82) is 0 Å². The van der Waals surface area contributed by atoms with Crippen LogP contribution in [0.15, 0.2) is 89.9 Å². The number of halogens is 1. The lowest BCUT2D eigenvalue weighted by Gasteiger charge is -2.28. The van der Waals surface area contributed by atoms with Gasteiger partial charge in [0.05, 0.1) is 11.4 Å². The number of carbonyl (C=O) groups excluding carboxylic acids is 2. The van der Waals surface area contributed by atoms with E-state index in [0.29, 0.717) is 17.0 Å². The van der Waals surface area contributed by atoms with E-state index >= 15 is 0 Å². The van der Waals surface area contributed by atoms with Gasteiger partial charge in [-0.1, -0.05) is 78.9 Å². The van der Waals surface area contributed by atoms with Crippen LogP contribution >= 0.6 is 11.6 Å². The molecule has 0 bridgehead atoms. The minimum atomic E-state index is -2.26. The zero-order chi connectivity index (χ0) is 22.6. The molecule has 1 aliphatic rings. The van der Waals surface area contributed by atoms with Gasteiger partial charge in [-0.15, -0.1) is 11.6 Å². The molecule has 6 nitrogen and oxygen atoms in total. The molecular weight excluding hydrogens is 426 g/mol. The first-order chi connectivity index (χ1) is 15.5. The largest absolute Gasteiger partial charge is 0.458 e. The van der Waals surface area contributed by atoms with Crippen LogP contribution in [-0.2, 0) is 20.9 Å². The van der Waals surface area contributed by atoms with Crippen molar-refractivity contribution in [1.82, 2.24) is 0 Å². The molecule has 0 aliphatic carbocycles. The quantitative estimate of drug-likeness (QED) is 0.356. The zero-order valence-electron chi connectivity index (χ0n) is 17.3. The van der Waals surface area contributed by atoms with Gasteiger partial charge in [0.15, 0.2) is 0 Å². The highest BCUT2D eigenvalue weighted by Crippen LogP contribution is 2.31. The van der Waals surface area contributed by atoms with Gasteiger partial charge in [0.25, 0.3) is 11.6 Å². The molecule has 32 heavy (non-hydrogen) atoms. The van der Waals surface area contributed by atoms with Crippen LogP contribution in [0, 0.1) is 0 Å². The van der Waals surface area contributed by atoms with Gasteiger partial charge in [0, 0.05) is 23.6 Å². The number of esters is 1. The predicted molar refractivity (Wildman–Crippen MR) is 125 cm³/mol. The molecule has 0 spiro atoms. The standard InChI is InChI=1S/C25H22ClN3O3/c26-15-16-29-21-14-8-7-13-20(21)22(19-11-5-2-6-12-19)28-25(27,23(29)30)24(31)32-17-18-9-3-1-4-10-18/h1-14H,15-17,27H2. The molecular formula is C25H22ClN3O3. The van der Waals surface area contributed by atoms with Crippen molar-refractivity contribution in [2.24, 2.45) is 10.7 Å². The van der Waals surface area contributed by atoms with Crippen molar-refractivity contribution >= 4 is 34.9 Å². The zero-order valence-corrected chi connectivity index (χ0v) is 18.0. The van der Waals surface area contributed by atoms with E-state index in [1.54, 1.807) is 6.07 Å². The number of rotatable bonds is 6. The molecule has 2 N–H and O–H groups in total. The highest BCUT2D eigenvalue weighted by molar-refractivity contribution is 6.25. The topological polar surface area (TPSA) is 85.0 Å². The Kier molecular flexibility index (Phi) is 6.35. The van der Waals surface area contributed by atoms with Gasteiger partial charge in [0.1, 0.15) is 6.61 Å². The lowest BCUT2D eigenvalue weighted by molar-refractivity contribution is -0.154. The number of benzene rings is 3. The van der Waals surface area contributed by atoms with E-state index in [2.05, 4.69) is 4.99 Å². The van der Waals surface area contributed by atoms with Crippen molar-refractivity contribution in [2.75, 3.05) is 17.3 Å². The third-order valence-corrected chi connectivity index (χ3v) is 5.36. The smallest absolute Gasteiger partial charge is 0.359 e. The Labute approximate surface area is 191 Å². The second-order valence-electron chi connectivity index (χ2n) is 7.32. The van der Waals surface area contributed by atoms with Crippen LogP contribution in [0.2, 0.25) is 0 Å². The Hall–Kier alpha value is -3.48. The maximum atomic E-state index is 13.6. The second-order valence-corrected chi connectivity index (χ2v) is 7.70. The summed E-state index contributed by atoms with van der Waals surface area (Å²) in [6, 6.07) is 25.8. The summed E-state index contributed by atoms with van der Waals surface area (Å²) in [5.74, 6) is -1.45. The number of nitrogens with zero attached hydrogens (tertiary/aromatic N) is 2. The van der Waals surface area contributed by atoms with Gasteiger partial charge < -0.3 is 9.64 Å². The molecule has 3 aromatic carbocycles. The fraction of sp³-hybridized carbons (Fsp3) is 0.160. The number of fused-ring (bicyclic) bond motifs is 1. The van der Waals surface area contributed by atoms with E-state index in [0.717, 1.165) is 11.1 Å². The summed E-state index contributed by atoms with van der Waals surface area (Å²) in [7, 11) is 0. The van der Waals surface area contributed by atoms with Gasteiger partial charge in [-0.2, -0.15) is 0 Å². The van der Waals surface area contributed by atoms with Crippen LogP contribution in [0.5, 0.6) is 0 Å². The molecule has 1 aliphatic heterocycles. The van der Waals surface area contributed by atoms with Crippen LogP contribution in [-0.4, -0.2) is 35.7 Å². The van der Waals surface area contributed by atoms with Gasteiger partial charge in [-0.3, -0.25) is 10.5 Å². The maximum Gasteiger partial charge on any atom is 0.359 e. The van der Waals surface area contributed by atoms with E-state index in [-0.39, 0.29) is 19.0 Å². The Morgan fingerprint density at radius 2 is 1.59 bits per heavy atom. The molecule has 0 fully saturated rings. The number of hydrogen-bond acceptors (Lipinski definition) is 5. The Bertz CT molecular complexity index is 1150. The second kappa shape index (κ2) is 9.34. The molecule has 1 amide bonds. The first-order valence-electron chi connectivity index (χ1n) is 10.2. The van der Waals surface area contributed by atoms with Gasteiger partial charge >= 0.3 is 5.97 Å². The molecule has 1 heterocycles. The summed E-state index contributed by atoms with van der Waals surface area (Å²) in [5, 5.41) is 0. The minimum absolute atomic E-state index is 0.0233. The van der Waals surface area contributed by atoms with Gasteiger partial charge in [-0.25, -0.2) is 9.79 Å². The number of nitrogens with two attached hydrogens (primary N) is 1. The summed E-state index contributed by atoms with van der Waals surface area (Å²) < 4.78 is 5.45. The summed E-state index contributed by atoms with van der Waals surface area (Å²) in [6.07, 6.45) is 0. The number of hydrogen-bond donors (Lipinski definition) is 1. The first kappa shape index (κ1) is 21.7. The molecule has 0 saturated carbocycles. The van der Waals surface area contributed by atoms with Gasteiger partial charge in [0.2, 0.25) is 0 Å². The van der Waals surface area contributed by atoms with Gasteiger partial charge in [-0.05, 0) is 11.6 Å². The number of aliphatic imine (C=N–C) groups is 1. The van der Waals surface area contributed by atoms with E-state index in [4.69, 9.17) is 22.1 Å². The van der Waals surface area contributed by atoms with Crippen LogP contribution < -0.4 is 10.6 Å². The molecule has 3 aromatic rings. The molecule has 0 saturated heterocycles. The maximum absolute atomic E-state index is 13.6. The van der Waals surface area contributed by atoms with Crippen LogP contribution in [0.4, 0.5) is 5.69 Å². The Balaban J connectivity index is 1.81. The van der Waals surface area contributed by atoms with Crippen LogP contribution in [0.1, 0.15) is 16.7 Å². The predicted octanol–water partition coefficient (Wildman–Crippen LogP) is 3.51. The minimum Gasteiger partial charge on any atom is -0.458 e. The summed E-state index contributed by atoms with van der Waals surface area (Å²) in [5.41, 5.74) is 7.39. The number of amides is 1. The average molecular weight is 448 g/mol. The summed E-state index contributed by atoms with van der Waals surface area (Å²) >= 11 is 6.00. The van der Waals surface area contributed by atoms with Crippen molar-refractivity contribution in [3.05, 3.63) is 102 Å². The molecule has 1 unspecified atom stereocenters. The molecule has 0 radical (unpaired) electrons. The van der Waals surface area contributed by atoms with Crippen molar-refractivity contribution in [3.63, 3.8) is 0 Å². The fourth-order valence-electron chi connectivity index (χ4n) is 3.60. The van der Waals surface area contributed by atoms with E-state index in [1.807, 2.05) is 78.9 Å². The van der Waals surface area contributed by atoms with E-state index < -0.39 is 17.5 Å². The van der Waals surface area contributed by atoms with E-state index in [1.165, 1.54) is 4.90 Å². The van der Waals surface area contributed by atoms with Crippen molar-refractivity contribution in [3.8, 4) is 0 Å². The molecule has 0 aromatic heterocycles.